The van der Waals surface area contributed by atoms with Crippen molar-refractivity contribution < 1.29 is 24.5 Å². The maximum atomic E-state index is 11.3. The van der Waals surface area contributed by atoms with Gasteiger partial charge < -0.3 is 10.4 Å². The minimum Gasteiger partial charge on any atom is -0.479 e. The van der Waals surface area contributed by atoms with Crippen molar-refractivity contribution in [3.63, 3.8) is 0 Å². The number of anilines is 1. The van der Waals surface area contributed by atoms with E-state index in [0.717, 1.165) is 6.07 Å². The second kappa shape index (κ2) is 6.66. The SMILES string of the molecule is O=C(O)CONC(=O)Nc1cc([N+](=O)[O-])ccc1Br. The van der Waals surface area contributed by atoms with Gasteiger partial charge in [-0.05, 0) is 22.0 Å². The Balaban J connectivity index is 2.65. The topological polar surface area (TPSA) is 131 Å². The molecule has 9 nitrogen and oxygen atoms in total. The normalized spacial score (nSPS) is 9.74. The third-order valence-electron chi connectivity index (χ3n) is 1.77. The first-order valence-electron chi connectivity index (χ1n) is 4.74. The molecule has 1 aromatic carbocycles. The Bertz CT molecular complexity index is 521. The van der Waals surface area contributed by atoms with E-state index in [1.165, 1.54) is 12.1 Å². The summed E-state index contributed by atoms with van der Waals surface area (Å²) in [6, 6.07) is 2.93. The molecule has 0 aliphatic heterocycles. The molecular formula is C9H8BrN3O6. The Hall–Kier alpha value is -2.20. The van der Waals surface area contributed by atoms with Crippen LogP contribution in [0.4, 0.5) is 16.2 Å². The largest absolute Gasteiger partial charge is 0.479 e. The first-order chi connectivity index (χ1) is 8.90. The lowest BCUT2D eigenvalue weighted by molar-refractivity contribution is -0.384. The van der Waals surface area contributed by atoms with E-state index in [9.17, 15) is 19.7 Å². The predicted octanol–water partition coefficient (Wildman–Crippen LogP) is 1.49. The fourth-order valence-corrected chi connectivity index (χ4v) is 1.38. The average molecular weight is 334 g/mol. The number of halogens is 1. The molecule has 10 heteroatoms. The van der Waals surface area contributed by atoms with Crippen LogP contribution in [0.3, 0.4) is 0 Å². The van der Waals surface area contributed by atoms with E-state index in [1.54, 1.807) is 0 Å². The highest BCUT2D eigenvalue weighted by atomic mass is 79.9. The van der Waals surface area contributed by atoms with E-state index in [0.29, 0.717) is 4.47 Å². The van der Waals surface area contributed by atoms with E-state index in [2.05, 4.69) is 26.1 Å². The fourth-order valence-electron chi connectivity index (χ4n) is 1.03. The van der Waals surface area contributed by atoms with Gasteiger partial charge in [0.2, 0.25) is 0 Å². The van der Waals surface area contributed by atoms with E-state index >= 15 is 0 Å². The molecule has 2 amide bonds. The number of hydrogen-bond donors (Lipinski definition) is 3. The zero-order chi connectivity index (χ0) is 14.4. The lowest BCUT2D eigenvalue weighted by Crippen LogP contribution is -2.30. The maximum Gasteiger partial charge on any atom is 0.343 e. The number of hydroxylamine groups is 1. The number of carbonyl (C=O) groups excluding carboxylic acids is 1. The number of benzene rings is 1. The number of nitro groups is 1. The number of rotatable bonds is 5. The van der Waals surface area contributed by atoms with Gasteiger partial charge >= 0.3 is 12.0 Å². The van der Waals surface area contributed by atoms with Gasteiger partial charge in [-0.15, -0.1) is 0 Å². The highest BCUT2D eigenvalue weighted by molar-refractivity contribution is 9.10. The Morgan fingerprint density at radius 2 is 2.16 bits per heavy atom. The third-order valence-corrected chi connectivity index (χ3v) is 2.46. The van der Waals surface area contributed by atoms with Crippen molar-refractivity contribution in [3.8, 4) is 0 Å². The lowest BCUT2D eigenvalue weighted by Gasteiger charge is -2.08. The number of hydrogen-bond acceptors (Lipinski definition) is 5. The fraction of sp³-hybridized carbons (Fsp3) is 0.111. The number of nitro benzene ring substituents is 1. The number of nitrogens with one attached hydrogen (secondary N) is 2. The monoisotopic (exact) mass is 333 g/mol. The van der Waals surface area contributed by atoms with Crippen LogP contribution in [0.5, 0.6) is 0 Å². The molecule has 0 atom stereocenters. The van der Waals surface area contributed by atoms with Gasteiger partial charge in [-0.2, -0.15) is 0 Å². The molecule has 102 valence electrons. The third kappa shape index (κ3) is 4.89. The molecule has 0 aliphatic carbocycles. The lowest BCUT2D eigenvalue weighted by atomic mass is 10.3. The molecule has 0 saturated heterocycles. The van der Waals surface area contributed by atoms with Crippen LogP contribution < -0.4 is 10.8 Å². The van der Waals surface area contributed by atoms with Crippen molar-refractivity contribution in [3.05, 3.63) is 32.8 Å². The molecule has 0 saturated carbocycles. The predicted molar refractivity (Wildman–Crippen MR) is 66.5 cm³/mol. The molecule has 0 radical (unpaired) electrons. The van der Waals surface area contributed by atoms with Crippen LogP contribution in [-0.2, 0) is 9.63 Å². The van der Waals surface area contributed by atoms with Crippen molar-refractivity contribution in [2.75, 3.05) is 11.9 Å². The minimum atomic E-state index is -1.25. The number of nitrogens with zero attached hydrogens (tertiary/aromatic N) is 1. The molecule has 0 aliphatic rings. The van der Waals surface area contributed by atoms with Crippen molar-refractivity contribution in [2.45, 2.75) is 0 Å². The number of carbonyl (C=O) groups is 2. The molecule has 0 fully saturated rings. The summed E-state index contributed by atoms with van der Waals surface area (Å²) in [5, 5.41) is 21.1. The van der Waals surface area contributed by atoms with Crippen molar-refractivity contribution in [2.24, 2.45) is 0 Å². The zero-order valence-electron chi connectivity index (χ0n) is 9.25. The quantitative estimate of drug-likeness (QED) is 0.552. The number of amides is 2. The number of non-ortho nitro benzene ring substituents is 1. The summed E-state index contributed by atoms with van der Waals surface area (Å²) in [6.45, 7) is -0.705. The molecule has 3 N–H and O–H groups in total. The summed E-state index contributed by atoms with van der Waals surface area (Å²) in [5.41, 5.74) is 1.76. The number of carboxylic acid groups (broad SMARTS) is 1. The van der Waals surface area contributed by atoms with Crippen LogP contribution in [0.1, 0.15) is 0 Å². The summed E-state index contributed by atoms with van der Waals surface area (Å²) in [4.78, 5) is 35.7. The molecule has 0 bridgehead atoms. The Kier molecular flexibility index (Phi) is 5.21. The summed E-state index contributed by atoms with van der Waals surface area (Å²) < 4.78 is 0.423. The number of carboxylic acids is 1. The molecule has 19 heavy (non-hydrogen) atoms. The van der Waals surface area contributed by atoms with Gasteiger partial charge in [0, 0.05) is 16.6 Å². The number of urea groups is 1. The molecule has 0 spiro atoms. The number of aliphatic carboxylic acids is 1. The van der Waals surface area contributed by atoms with E-state index < -0.39 is 23.5 Å². The van der Waals surface area contributed by atoms with Crippen LogP contribution in [0.2, 0.25) is 0 Å². The molecular weight excluding hydrogens is 326 g/mol. The smallest absolute Gasteiger partial charge is 0.343 e. The summed E-state index contributed by atoms with van der Waals surface area (Å²) >= 11 is 3.10. The van der Waals surface area contributed by atoms with Crippen molar-refractivity contribution >= 4 is 39.3 Å². The second-order valence-corrected chi connectivity index (χ2v) is 4.01. The van der Waals surface area contributed by atoms with Crippen LogP contribution >= 0.6 is 15.9 Å². The summed E-state index contributed by atoms with van der Waals surface area (Å²) in [5.74, 6) is -1.25. The molecule has 0 aromatic heterocycles. The molecule has 0 unspecified atom stereocenters. The van der Waals surface area contributed by atoms with Crippen LogP contribution in [0, 0.1) is 10.1 Å². The Morgan fingerprint density at radius 1 is 1.47 bits per heavy atom. The highest BCUT2D eigenvalue weighted by Gasteiger charge is 2.12. The van der Waals surface area contributed by atoms with Gasteiger partial charge in [-0.25, -0.2) is 15.1 Å². The van der Waals surface area contributed by atoms with Crippen LogP contribution in [-0.4, -0.2) is 28.6 Å². The summed E-state index contributed by atoms with van der Waals surface area (Å²) in [6.07, 6.45) is 0. The Morgan fingerprint density at radius 3 is 2.74 bits per heavy atom. The highest BCUT2D eigenvalue weighted by Crippen LogP contribution is 2.26. The zero-order valence-corrected chi connectivity index (χ0v) is 10.8. The summed E-state index contributed by atoms with van der Waals surface area (Å²) in [7, 11) is 0. The van der Waals surface area contributed by atoms with Crippen molar-refractivity contribution in [1.82, 2.24) is 5.48 Å². The van der Waals surface area contributed by atoms with Gasteiger partial charge in [0.05, 0.1) is 10.6 Å². The van der Waals surface area contributed by atoms with Crippen LogP contribution in [0.15, 0.2) is 22.7 Å². The average Bonchev–Trinajstić information content (AvgIpc) is 2.31. The van der Waals surface area contributed by atoms with E-state index in [4.69, 9.17) is 5.11 Å². The first kappa shape index (κ1) is 14.9. The second-order valence-electron chi connectivity index (χ2n) is 3.16. The van der Waals surface area contributed by atoms with Crippen molar-refractivity contribution in [1.29, 1.82) is 0 Å². The van der Waals surface area contributed by atoms with Gasteiger partial charge in [0.25, 0.3) is 5.69 Å². The maximum absolute atomic E-state index is 11.3. The van der Waals surface area contributed by atoms with Gasteiger partial charge in [0.1, 0.15) is 0 Å². The molecule has 1 aromatic rings. The van der Waals surface area contributed by atoms with Gasteiger partial charge in [0.15, 0.2) is 6.61 Å². The van der Waals surface area contributed by atoms with Crippen LogP contribution in [0.25, 0.3) is 0 Å². The van der Waals surface area contributed by atoms with Gasteiger partial charge in [-0.3, -0.25) is 15.0 Å². The van der Waals surface area contributed by atoms with Gasteiger partial charge in [-0.1, -0.05) is 0 Å². The van der Waals surface area contributed by atoms with E-state index in [1.807, 2.05) is 5.48 Å². The minimum absolute atomic E-state index is 0.144. The Labute approximate surface area is 114 Å². The molecule has 0 heterocycles. The molecule has 1 rings (SSSR count). The van der Waals surface area contributed by atoms with E-state index in [-0.39, 0.29) is 11.4 Å². The standard InChI is InChI=1S/C9H8BrN3O6/c10-6-2-1-5(13(17)18)3-7(6)11-9(16)12-19-4-8(14)15/h1-3H,4H2,(H,14,15)(H2,11,12,16). The first-order valence-corrected chi connectivity index (χ1v) is 5.54.